The molecule has 5 fully saturated rings. The number of hydroxylamine groups is 1. The van der Waals surface area contributed by atoms with Gasteiger partial charge in [0.05, 0.1) is 24.3 Å². The van der Waals surface area contributed by atoms with E-state index in [1.807, 2.05) is 44.9 Å². The largest absolute Gasteiger partial charge is 0.491 e. The number of carboxylic acids is 1. The highest BCUT2D eigenvalue weighted by atomic mass is 35.5. The molecule has 0 radical (unpaired) electrons. The molecule has 3 saturated carbocycles. The Kier molecular flexibility index (Phi) is 14.5. The van der Waals surface area contributed by atoms with Crippen molar-refractivity contribution in [3.05, 3.63) is 41.3 Å². The first kappa shape index (κ1) is 49.9. The Labute approximate surface area is 402 Å². The van der Waals surface area contributed by atoms with Crippen LogP contribution in [-0.4, -0.2) is 153 Å². The van der Waals surface area contributed by atoms with Crippen molar-refractivity contribution in [1.29, 1.82) is 0 Å². The van der Waals surface area contributed by atoms with Gasteiger partial charge < -0.3 is 35.3 Å². The maximum Gasteiger partial charge on any atom is 0.408 e. The summed E-state index contributed by atoms with van der Waals surface area (Å²) in [5, 5.41) is 36.6. The van der Waals surface area contributed by atoms with E-state index in [1.165, 1.54) is 27.3 Å². The molecule has 2 aliphatic heterocycles. The van der Waals surface area contributed by atoms with Crippen LogP contribution in [0.5, 0.6) is 11.5 Å². The number of carboxylic acid groups (broad SMARTS) is 1. The third-order valence-corrected chi connectivity index (χ3v) is 14.6. The fourth-order valence-corrected chi connectivity index (χ4v) is 10.7. The summed E-state index contributed by atoms with van der Waals surface area (Å²) >= 11 is 8.49. The third-order valence-electron chi connectivity index (χ3n) is 13.5. The smallest absolute Gasteiger partial charge is 0.408 e. The number of pyridine rings is 1. The quantitative estimate of drug-likeness (QED) is 0.0504. The van der Waals surface area contributed by atoms with Crippen molar-refractivity contribution in [2.75, 3.05) is 57.7 Å². The highest BCUT2D eigenvalue weighted by molar-refractivity contribution is 7.14. The molecule has 22 heteroatoms. The van der Waals surface area contributed by atoms with Gasteiger partial charge in [-0.1, -0.05) is 43.6 Å². The number of thiazole rings is 1. The zero-order valence-corrected chi connectivity index (χ0v) is 40.4. The zero-order chi connectivity index (χ0) is 48.9. The van der Waals surface area contributed by atoms with E-state index in [9.17, 15) is 37.9 Å². The van der Waals surface area contributed by atoms with E-state index in [0.29, 0.717) is 83.5 Å². The van der Waals surface area contributed by atoms with E-state index in [-0.39, 0.29) is 43.2 Å². The topological polar surface area (TPSA) is 194 Å². The fraction of sp³-hybridized carbons (Fsp3) is 0.630. The van der Waals surface area contributed by atoms with E-state index in [4.69, 9.17) is 35.8 Å². The Hall–Kier alpha value is -4.51. The van der Waals surface area contributed by atoms with Gasteiger partial charge in [-0.05, 0) is 68.9 Å². The molecule has 0 bridgehead atoms. The molecule has 372 valence electrons. The lowest BCUT2D eigenvalue weighted by atomic mass is 9.92. The second-order valence-corrected chi connectivity index (χ2v) is 21.3. The molecule has 2 amide bonds. The average molecular weight is 993 g/mol. The Bertz CT molecular complexity index is 2350. The molecule has 0 spiro atoms. The lowest BCUT2D eigenvalue weighted by Gasteiger charge is -2.42. The van der Waals surface area contributed by atoms with Crippen molar-refractivity contribution in [1.82, 2.24) is 40.6 Å². The first-order chi connectivity index (χ1) is 32.1. The Morgan fingerprint density at radius 1 is 1.03 bits per heavy atom. The number of hydrogen-bond acceptors (Lipinski definition) is 15. The molecule has 3 aliphatic carbocycles. The van der Waals surface area contributed by atoms with Crippen LogP contribution in [0, 0.1) is 23.2 Å². The number of amides is 2. The van der Waals surface area contributed by atoms with E-state index in [1.54, 1.807) is 18.2 Å². The van der Waals surface area contributed by atoms with E-state index >= 15 is 0 Å². The highest BCUT2D eigenvalue weighted by Crippen LogP contribution is 2.52. The van der Waals surface area contributed by atoms with Crippen molar-refractivity contribution in [3.8, 4) is 22.9 Å². The molecule has 17 nitrogen and oxygen atoms in total. The normalized spacial score (nSPS) is 26.9. The van der Waals surface area contributed by atoms with Crippen LogP contribution in [0.1, 0.15) is 66.7 Å². The van der Waals surface area contributed by atoms with Crippen LogP contribution >= 0.6 is 22.9 Å². The van der Waals surface area contributed by atoms with Crippen LogP contribution in [0.15, 0.2) is 36.2 Å². The number of ether oxygens (including phenoxy) is 3. The number of alkyl carbamates (subject to hydrolysis) is 1. The minimum absolute atomic E-state index is 0.0127. The van der Waals surface area contributed by atoms with Gasteiger partial charge in [0, 0.05) is 67.9 Å². The zero-order valence-electron chi connectivity index (χ0n) is 38.9. The SMILES string of the molecule is C=C[C@@H]1CC1(NC(=O)[C@@H]1CC(Oc2cc(-c3csc(NC(C)C)n3)nc3c(Cl)c(OCCN4CCN(CC(F)(F)F)CC4)ccc23)CN1N(O)[C@@H](NC(=O)OC1C[C@@H]2C[C@@H]2C1)C(C)(C)C)C(=O)O. The molecule has 8 atom stereocenters. The van der Waals surface area contributed by atoms with E-state index < -0.39 is 65.9 Å². The number of alkyl halides is 3. The predicted molar refractivity (Wildman–Crippen MR) is 248 cm³/mol. The molecule has 3 unspecified atom stereocenters. The predicted octanol–water partition coefficient (Wildman–Crippen LogP) is 6.86. The maximum absolute atomic E-state index is 14.3. The van der Waals surface area contributed by atoms with Gasteiger partial charge in [0.25, 0.3) is 0 Å². The van der Waals surface area contributed by atoms with Gasteiger partial charge >= 0.3 is 18.2 Å². The molecular weight excluding hydrogens is 931 g/mol. The Balaban J connectivity index is 1.06. The second kappa shape index (κ2) is 19.7. The maximum atomic E-state index is 14.3. The minimum atomic E-state index is -4.25. The summed E-state index contributed by atoms with van der Waals surface area (Å²) in [5.41, 5.74) is -1.09. The molecule has 3 aromatic rings. The van der Waals surface area contributed by atoms with Gasteiger partial charge in [0.15, 0.2) is 5.13 Å². The summed E-state index contributed by atoms with van der Waals surface area (Å²) in [7, 11) is 0. The molecule has 4 heterocycles. The number of anilines is 1. The van der Waals surface area contributed by atoms with Gasteiger partial charge in [-0.15, -0.1) is 17.9 Å². The van der Waals surface area contributed by atoms with E-state index in [2.05, 4.69) is 22.5 Å². The number of benzene rings is 1. The summed E-state index contributed by atoms with van der Waals surface area (Å²) in [6.45, 7) is 14.4. The lowest BCUT2D eigenvalue weighted by Crippen LogP contribution is -2.63. The van der Waals surface area contributed by atoms with Crippen LogP contribution < -0.4 is 25.4 Å². The molecule has 2 saturated heterocycles. The number of carbonyl (C=O) groups is 3. The first-order valence-corrected chi connectivity index (χ1v) is 24.4. The van der Waals surface area contributed by atoms with Crippen molar-refractivity contribution in [2.24, 2.45) is 23.2 Å². The van der Waals surface area contributed by atoms with Gasteiger partial charge in [-0.3, -0.25) is 19.8 Å². The first-order valence-electron chi connectivity index (χ1n) is 23.2. The molecule has 1 aromatic carbocycles. The fourth-order valence-electron chi connectivity index (χ4n) is 9.62. The Morgan fingerprint density at radius 2 is 1.74 bits per heavy atom. The molecule has 2 aromatic heterocycles. The van der Waals surface area contributed by atoms with Crippen LogP contribution in [-0.2, 0) is 14.3 Å². The number of carbonyl (C=O) groups excluding carboxylic acids is 2. The number of aliphatic carboxylic acids is 1. The molecular formula is C46H61ClF3N9O8S. The van der Waals surface area contributed by atoms with E-state index in [0.717, 1.165) is 24.4 Å². The highest BCUT2D eigenvalue weighted by Gasteiger charge is 2.61. The van der Waals surface area contributed by atoms with Crippen molar-refractivity contribution < 1.29 is 52.1 Å². The van der Waals surface area contributed by atoms with Crippen LogP contribution in [0.4, 0.5) is 23.1 Å². The molecule has 5 N–H and O–H groups in total. The number of aromatic nitrogens is 2. The number of halogens is 4. The standard InChI is InChI=1S/C46H61ClF3N9O8S/c1-7-28-21-45(28,41(61)62)55-39(60)34-19-30(22-58(34)59(64)40(44(4,5)6)54-43(63)67-29-17-26-16-27(26)18-29)66-36-20-32(33-23-68-42(53-33)51-25(2)3)52-38-31(36)8-9-35(37(38)47)65-15-14-56-10-12-57(13-11-56)24-46(48,49)50/h7-9,20,23,25-30,34,40,64H,1,10-19,21-22,24H2,2-6H3,(H,51,53)(H,54,63)(H,55,60)(H,61,62)/t26-,27+,28-,29?,30?,34+,40-,45?/m1/s1. The van der Waals surface area contributed by atoms with Crippen molar-refractivity contribution in [2.45, 2.75) is 109 Å². The third kappa shape index (κ3) is 11.4. The molecule has 5 aliphatic rings. The van der Waals surface area contributed by atoms with Crippen molar-refractivity contribution in [3.63, 3.8) is 0 Å². The van der Waals surface area contributed by atoms with Crippen LogP contribution in [0.3, 0.4) is 0 Å². The number of piperazine rings is 1. The summed E-state index contributed by atoms with van der Waals surface area (Å²) in [6, 6.07) is 4.11. The average Bonchev–Trinajstić information content (AvgIpc) is 3.93. The van der Waals surface area contributed by atoms with Gasteiger partial charge in [-0.2, -0.15) is 13.2 Å². The second-order valence-electron chi connectivity index (χ2n) is 20.1. The van der Waals surface area contributed by atoms with Gasteiger partial charge in [-0.25, -0.2) is 24.6 Å². The summed E-state index contributed by atoms with van der Waals surface area (Å²) in [6.07, 6.45) is -2.69. The van der Waals surface area contributed by atoms with Gasteiger partial charge in [0.1, 0.15) is 58.8 Å². The van der Waals surface area contributed by atoms with Crippen molar-refractivity contribution >= 4 is 56.9 Å². The summed E-state index contributed by atoms with van der Waals surface area (Å²) in [5.74, 6) is -0.553. The van der Waals surface area contributed by atoms with Crippen LogP contribution in [0.25, 0.3) is 22.3 Å². The molecule has 68 heavy (non-hydrogen) atoms. The molecule has 8 rings (SSSR count). The number of fused-ring (bicyclic) bond motifs is 2. The number of nitrogens with one attached hydrogen (secondary N) is 3. The lowest BCUT2D eigenvalue weighted by molar-refractivity contribution is -0.296. The van der Waals surface area contributed by atoms with Crippen LogP contribution in [0.2, 0.25) is 5.02 Å². The number of nitrogens with zero attached hydrogens (tertiary/aromatic N) is 6. The number of rotatable bonds is 18. The number of hydrazine groups is 1. The minimum Gasteiger partial charge on any atom is -0.491 e. The number of hydrogen-bond donors (Lipinski definition) is 5. The van der Waals surface area contributed by atoms with Gasteiger partial charge in [0.2, 0.25) is 5.91 Å². The Morgan fingerprint density at radius 3 is 2.37 bits per heavy atom. The summed E-state index contributed by atoms with van der Waals surface area (Å²) in [4.78, 5) is 53.4. The summed E-state index contributed by atoms with van der Waals surface area (Å²) < 4.78 is 57.6. The monoisotopic (exact) mass is 991 g/mol.